The number of ether oxygens (including phenoxy) is 1. The van der Waals surface area contributed by atoms with Crippen molar-refractivity contribution >= 4 is 20.7 Å². The van der Waals surface area contributed by atoms with Crippen LogP contribution in [0.15, 0.2) is 82.7 Å². The second-order valence-corrected chi connectivity index (χ2v) is 8.24. The van der Waals surface area contributed by atoms with Crippen molar-refractivity contribution in [1.29, 1.82) is 0 Å². The number of hydrogen-bond acceptors (Lipinski definition) is 4. The maximum atomic E-state index is 14.3. The van der Waals surface area contributed by atoms with Crippen LogP contribution in [0, 0.1) is 11.6 Å². The van der Waals surface area contributed by atoms with Gasteiger partial charge in [0.1, 0.15) is 22.9 Å². The molecule has 0 aliphatic carbocycles. The second kappa shape index (κ2) is 7.25. The van der Waals surface area contributed by atoms with E-state index in [1.54, 1.807) is 18.2 Å². The molecule has 0 unspecified atom stereocenters. The number of methoxy groups -OCH3 is 1. The van der Waals surface area contributed by atoms with E-state index < -0.39 is 21.5 Å². The number of hydrogen-bond donors (Lipinski definition) is 0. The summed E-state index contributed by atoms with van der Waals surface area (Å²) in [5, 5.41) is 0.320. The third kappa shape index (κ3) is 3.34. The average molecular weight is 411 g/mol. The summed E-state index contributed by atoms with van der Waals surface area (Å²) in [5.74, 6) is -0.652. The Morgan fingerprint density at radius 1 is 0.931 bits per heavy atom. The van der Waals surface area contributed by atoms with Gasteiger partial charge in [0.05, 0.1) is 16.9 Å². The summed E-state index contributed by atoms with van der Waals surface area (Å²) in [4.78, 5) is 3.97. The van der Waals surface area contributed by atoms with Gasteiger partial charge in [-0.3, -0.25) is 4.98 Å². The van der Waals surface area contributed by atoms with Gasteiger partial charge in [-0.05, 0) is 42.0 Å². The van der Waals surface area contributed by atoms with Crippen LogP contribution in [0.5, 0.6) is 5.75 Å². The molecule has 4 rings (SSSR count). The lowest BCUT2D eigenvalue weighted by molar-refractivity contribution is 0.413. The van der Waals surface area contributed by atoms with Crippen molar-refractivity contribution in [3.63, 3.8) is 0 Å². The number of nitrogens with zero attached hydrogens (tertiary/aromatic N) is 1. The molecule has 3 aromatic carbocycles. The van der Waals surface area contributed by atoms with Crippen LogP contribution in [-0.2, 0) is 9.84 Å². The predicted octanol–water partition coefficient (Wildman–Crippen LogP) is 5.02. The molecule has 1 heterocycles. The second-order valence-electron chi connectivity index (χ2n) is 6.32. The van der Waals surface area contributed by atoms with E-state index in [0.717, 1.165) is 6.20 Å². The molecule has 146 valence electrons. The van der Waals surface area contributed by atoms with Crippen LogP contribution in [0.4, 0.5) is 8.78 Å². The third-order valence-electron chi connectivity index (χ3n) is 4.59. The molecular formula is C22H15F2NO3S. The highest BCUT2D eigenvalue weighted by Crippen LogP contribution is 2.37. The lowest BCUT2D eigenvalue weighted by Crippen LogP contribution is -2.06. The van der Waals surface area contributed by atoms with Crippen LogP contribution >= 0.6 is 0 Å². The molecule has 0 fully saturated rings. The Kier molecular flexibility index (Phi) is 4.76. The summed E-state index contributed by atoms with van der Waals surface area (Å²) in [6, 6.07) is 15.7. The lowest BCUT2D eigenvalue weighted by Gasteiger charge is -2.14. The molecule has 0 atom stereocenters. The van der Waals surface area contributed by atoms with E-state index in [2.05, 4.69) is 4.98 Å². The number of pyridine rings is 1. The normalized spacial score (nSPS) is 11.6. The van der Waals surface area contributed by atoms with E-state index in [1.165, 1.54) is 55.6 Å². The van der Waals surface area contributed by atoms with Gasteiger partial charge in [0.25, 0.3) is 0 Å². The fourth-order valence-electron chi connectivity index (χ4n) is 3.18. The summed E-state index contributed by atoms with van der Waals surface area (Å²) < 4.78 is 59.8. The van der Waals surface area contributed by atoms with Gasteiger partial charge in [-0.25, -0.2) is 17.2 Å². The molecule has 0 aliphatic rings. The molecule has 0 bridgehead atoms. The van der Waals surface area contributed by atoms with E-state index in [1.807, 2.05) is 0 Å². The largest absolute Gasteiger partial charge is 0.497 e. The zero-order valence-corrected chi connectivity index (χ0v) is 16.1. The maximum absolute atomic E-state index is 14.3. The summed E-state index contributed by atoms with van der Waals surface area (Å²) in [5.41, 5.74) is 0.736. The summed E-state index contributed by atoms with van der Waals surface area (Å²) in [6.07, 6.45) is 1.14. The van der Waals surface area contributed by atoms with E-state index in [4.69, 9.17) is 4.74 Å². The molecule has 0 radical (unpaired) electrons. The Bertz CT molecular complexity index is 1320. The minimum absolute atomic E-state index is 0.0118. The van der Waals surface area contributed by atoms with Gasteiger partial charge >= 0.3 is 0 Å². The van der Waals surface area contributed by atoms with Crippen LogP contribution in [0.25, 0.3) is 22.0 Å². The van der Waals surface area contributed by atoms with Gasteiger partial charge in [-0.15, -0.1) is 0 Å². The van der Waals surface area contributed by atoms with E-state index in [0.29, 0.717) is 16.7 Å². The molecular weight excluding hydrogens is 396 g/mol. The molecule has 4 nitrogen and oxygen atoms in total. The Labute approximate surface area is 166 Å². The molecule has 0 N–H and O–H groups in total. The number of aromatic nitrogens is 1. The molecule has 0 saturated carbocycles. The molecule has 29 heavy (non-hydrogen) atoms. The van der Waals surface area contributed by atoms with Gasteiger partial charge in [0.15, 0.2) is 0 Å². The SMILES string of the molecule is COc1cccc(S(=O)(=O)c2cnc3c(F)cccc3c2-c2ccc(F)cc2)c1. The highest BCUT2D eigenvalue weighted by Gasteiger charge is 2.25. The van der Waals surface area contributed by atoms with Crippen molar-refractivity contribution in [2.75, 3.05) is 7.11 Å². The highest BCUT2D eigenvalue weighted by atomic mass is 32.2. The summed E-state index contributed by atoms with van der Waals surface area (Å²) in [7, 11) is -2.58. The smallest absolute Gasteiger partial charge is 0.208 e. The molecule has 1 aromatic heterocycles. The first-order valence-electron chi connectivity index (χ1n) is 8.64. The van der Waals surface area contributed by atoms with Crippen molar-refractivity contribution in [2.24, 2.45) is 0 Å². The minimum atomic E-state index is -4.02. The number of benzene rings is 3. The van der Waals surface area contributed by atoms with Crippen molar-refractivity contribution in [3.05, 3.63) is 84.6 Å². The number of para-hydroxylation sites is 1. The minimum Gasteiger partial charge on any atom is -0.497 e. The molecule has 7 heteroatoms. The summed E-state index contributed by atoms with van der Waals surface area (Å²) in [6.45, 7) is 0. The zero-order chi connectivity index (χ0) is 20.6. The van der Waals surface area contributed by atoms with Gasteiger partial charge in [-0.1, -0.05) is 30.3 Å². The Morgan fingerprint density at radius 3 is 2.38 bits per heavy atom. The van der Waals surface area contributed by atoms with Gasteiger partial charge < -0.3 is 4.74 Å². The topological polar surface area (TPSA) is 56.3 Å². The van der Waals surface area contributed by atoms with E-state index in [-0.39, 0.29) is 20.9 Å². The van der Waals surface area contributed by atoms with Crippen molar-refractivity contribution in [3.8, 4) is 16.9 Å². The fourth-order valence-corrected chi connectivity index (χ4v) is 4.65. The quantitative estimate of drug-likeness (QED) is 0.473. The number of sulfone groups is 1. The van der Waals surface area contributed by atoms with Gasteiger partial charge in [0, 0.05) is 17.1 Å². The first-order valence-corrected chi connectivity index (χ1v) is 10.1. The van der Waals surface area contributed by atoms with Crippen LogP contribution in [0.1, 0.15) is 0 Å². The lowest BCUT2D eigenvalue weighted by atomic mass is 10.0. The molecule has 0 saturated heterocycles. The van der Waals surface area contributed by atoms with E-state index >= 15 is 0 Å². The third-order valence-corrected chi connectivity index (χ3v) is 6.35. The van der Waals surface area contributed by atoms with Crippen LogP contribution in [0.2, 0.25) is 0 Å². The molecule has 4 aromatic rings. The molecule has 0 aliphatic heterocycles. The number of rotatable bonds is 4. The summed E-state index contributed by atoms with van der Waals surface area (Å²) >= 11 is 0. The van der Waals surface area contributed by atoms with Crippen LogP contribution in [-0.4, -0.2) is 20.5 Å². The monoisotopic (exact) mass is 411 g/mol. The van der Waals surface area contributed by atoms with Crippen LogP contribution < -0.4 is 4.74 Å². The Hall–Kier alpha value is -3.32. The predicted molar refractivity (Wildman–Crippen MR) is 106 cm³/mol. The van der Waals surface area contributed by atoms with Gasteiger partial charge in [-0.2, -0.15) is 0 Å². The first-order chi connectivity index (χ1) is 13.9. The van der Waals surface area contributed by atoms with Crippen molar-refractivity contribution in [1.82, 2.24) is 4.98 Å². The van der Waals surface area contributed by atoms with Crippen molar-refractivity contribution in [2.45, 2.75) is 9.79 Å². The first kappa shape index (κ1) is 19.0. The number of halogens is 2. The molecule has 0 spiro atoms. The Balaban J connectivity index is 2.06. The average Bonchev–Trinajstić information content (AvgIpc) is 2.74. The zero-order valence-electron chi connectivity index (χ0n) is 15.3. The van der Waals surface area contributed by atoms with Crippen molar-refractivity contribution < 1.29 is 21.9 Å². The van der Waals surface area contributed by atoms with Gasteiger partial charge in [0.2, 0.25) is 9.84 Å². The fraction of sp³-hybridized carbons (Fsp3) is 0.0455. The maximum Gasteiger partial charge on any atom is 0.208 e. The molecule has 0 amide bonds. The number of fused-ring (bicyclic) bond motifs is 1. The highest BCUT2D eigenvalue weighted by molar-refractivity contribution is 7.91. The Morgan fingerprint density at radius 2 is 1.66 bits per heavy atom. The van der Waals surface area contributed by atoms with E-state index in [9.17, 15) is 17.2 Å². The standard InChI is InChI=1S/C22H15F2NO3S/c1-28-16-4-2-5-17(12-16)29(26,27)20-13-25-22-18(6-3-7-19(22)24)21(20)14-8-10-15(23)11-9-14/h2-13H,1H3. The van der Waals surface area contributed by atoms with Crippen LogP contribution in [0.3, 0.4) is 0 Å².